The summed E-state index contributed by atoms with van der Waals surface area (Å²) in [5.74, 6) is 0.665. The van der Waals surface area contributed by atoms with Gasteiger partial charge in [-0.25, -0.2) is 9.78 Å². The normalized spacial score (nSPS) is 15.1. The van der Waals surface area contributed by atoms with Crippen molar-refractivity contribution in [3.8, 4) is 0 Å². The minimum absolute atomic E-state index is 0.121. The molecule has 1 aliphatic carbocycles. The molecule has 0 aliphatic heterocycles. The number of pyridine rings is 1. The molecule has 1 saturated carbocycles. The number of hydrogen-bond acceptors (Lipinski definition) is 4. The molecule has 1 heterocycles. The Bertz CT molecular complexity index is 771. The molecule has 2 aromatic rings. The number of aromatic nitrogens is 1. The predicted octanol–water partition coefficient (Wildman–Crippen LogP) is 3.71. The Hall–Kier alpha value is -2.89. The molecule has 0 bridgehead atoms. The van der Waals surface area contributed by atoms with Gasteiger partial charge >= 0.3 is 6.03 Å². The number of nitrogens with zero attached hydrogens (tertiary/aromatic N) is 1. The van der Waals surface area contributed by atoms with Crippen LogP contribution in [-0.4, -0.2) is 16.7 Å². The summed E-state index contributed by atoms with van der Waals surface area (Å²) in [6.07, 6.45) is 4.82. The molecule has 5 N–H and O–H groups in total. The number of nitrogen functional groups attached to an aromatic ring is 1. The summed E-state index contributed by atoms with van der Waals surface area (Å²) in [5, 5.41) is 13.8. The standard InChI is InChI=1S/C19H23N5O/c1-12(13-6-3-2-4-7-13)23-19(25)24-17-10-16(20)15(11-22-17)18(21)14-8-5-9-14/h2-4,6-7,10-12,14,21H,5,8-9H2,1H3,(H4,20,22,23,24,25)/t12-/m1/s1. The lowest BCUT2D eigenvalue weighted by Gasteiger charge is -2.26. The molecule has 0 spiro atoms. The van der Waals surface area contributed by atoms with Crippen LogP contribution in [-0.2, 0) is 0 Å². The molecule has 1 fully saturated rings. The first-order valence-corrected chi connectivity index (χ1v) is 8.51. The number of nitrogens with one attached hydrogen (secondary N) is 3. The van der Waals surface area contributed by atoms with Gasteiger partial charge in [-0.3, -0.25) is 5.32 Å². The number of rotatable bonds is 5. The first kappa shape index (κ1) is 17.0. The molecule has 1 aromatic carbocycles. The van der Waals surface area contributed by atoms with Crippen molar-refractivity contribution in [2.24, 2.45) is 5.92 Å². The van der Waals surface area contributed by atoms with E-state index < -0.39 is 0 Å². The fourth-order valence-corrected chi connectivity index (χ4v) is 2.86. The largest absolute Gasteiger partial charge is 0.398 e. The summed E-state index contributed by atoms with van der Waals surface area (Å²) in [5.41, 5.74) is 8.75. The molecule has 1 aromatic heterocycles. The molecule has 1 aliphatic rings. The summed E-state index contributed by atoms with van der Waals surface area (Å²) >= 11 is 0. The zero-order valence-electron chi connectivity index (χ0n) is 14.3. The molecule has 0 radical (unpaired) electrons. The Morgan fingerprint density at radius 1 is 1.32 bits per heavy atom. The van der Waals surface area contributed by atoms with Gasteiger partial charge < -0.3 is 16.5 Å². The topological polar surface area (TPSA) is 104 Å². The van der Waals surface area contributed by atoms with Crippen molar-refractivity contribution in [1.82, 2.24) is 10.3 Å². The SMILES string of the molecule is C[C@@H](NC(=O)Nc1cc(N)c(C(=N)C2CCC2)cn1)c1ccccc1. The van der Waals surface area contributed by atoms with Crippen LogP contribution in [0.5, 0.6) is 0 Å². The monoisotopic (exact) mass is 337 g/mol. The van der Waals surface area contributed by atoms with E-state index in [-0.39, 0.29) is 18.0 Å². The van der Waals surface area contributed by atoms with Gasteiger partial charge in [-0.1, -0.05) is 36.8 Å². The van der Waals surface area contributed by atoms with Gasteiger partial charge in [-0.2, -0.15) is 0 Å². The first-order valence-electron chi connectivity index (χ1n) is 8.51. The van der Waals surface area contributed by atoms with E-state index in [2.05, 4.69) is 15.6 Å². The van der Waals surface area contributed by atoms with Crippen molar-refractivity contribution in [3.63, 3.8) is 0 Å². The minimum atomic E-state index is -0.343. The Labute approximate surface area is 147 Å². The van der Waals surface area contributed by atoms with Crippen LogP contribution in [0.3, 0.4) is 0 Å². The van der Waals surface area contributed by atoms with Crippen LogP contribution in [0.1, 0.15) is 43.4 Å². The van der Waals surface area contributed by atoms with Crippen LogP contribution >= 0.6 is 0 Å². The lowest BCUT2D eigenvalue weighted by molar-refractivity contribution is 0.249. The smallest absolute Gasteiger partial charge is 0.320 e. The number of urea groups is 1. The molecule has 6 nitrogen and oxygen atoms in total. The molecule has 0 unspecified atom stereocenters. The van der Waals surface area contributed by atoms with E-state index in [1.807, 2.05) is 37.3 Å². The Balaban J connectivity index is 1.61. The number of anilines is 2. The number of carbonyl (C=O) groups excluding carboxylic acids is 1. The van der Waals surface area contributed by atoms with E-state index >= 15 is 0 Å². The van der Waals surface area contributed by atoms with Crippen LogP contribution < -0.4 is 16.4 Å². The van der Waals surface area contributed by atoms with Crippen LogP contribution in [0.25, 0.3) is 0 Å². The number of amides is 2. The molecule has 1 atom stereocenters. The van der Waals surface area contributed by atoms with Crippen LogP contribution in [0.15, 0.2) is 42.6 Å². The van der Waals surface area contributed by atoms with Crippen molar-refractivity contribution >= 4 is 23.2 Å². The lowest BCUT2D eigenvalue weighted by Crippen LogP contribution is -2.31. The lowest BCUT2D eigenvalue weighted by atomic mass is 9.79. The second kappa shape index (κ2) is 7.34. The van der Waals surface area contributed by atoms with E-state index in [4.69, 9.17) is 11.1 Å². The van der Waals surface area contributed by atoms with Crippen LogP contribution in [0.4, 0.5) is 16.3 Å². The van der Waals surface area contributed by atoms with Gasteiger partial charge in [0.2, 0.25) is 0 Å². The third-order valence-electron chi connectivity index (χ3n) is 4.63. The number of benzene rings is 1. The Morgan fingerprint density at radius 2 is 2.04 bits per heavy atom. The van der Waals surface area contributed by atoms with Gasteiger partial charge in [0.1, 0.15) is 5.82 Å². The second-order valence-corrected chi connectivity index (χ2v) is 6.43. The highest BCUT2D eigenvalue weighted by Gasteiger charge is 2.24. The predicted molar refractivity (Wildman–Crippen MR) is 99.8 cm³/mol. The van der Waals surface area contributed by atoms with Crippen molar-refractivity contribution in [2.75, 3.05) is 11.1 Å². The summed E-state index contributed by atoms with van der Waals surface area (Å²) in [4.78, 5) is 16.4. The summed E-state index contributed by atoms with van der Waals surface area (Å²) in [7, 11) is 0. The van der Waals surface area contributed by atoms with Crippen molar-refractivity contribution in [2.45, 2.75) is 32.2 Å². The van der Waals surface area contributed by atoms with Crippen LogP contribution in [0, 0.1) is 11.3 Å². The molecular weight excluding hydrogens is 314 g/mol. The van der Waals surface area contributed by atoms with Crippen molar-refractivity contribution in [1.29, 1.82) is 5.41 Å². The quantitative estimate of drug-likeness (QED) is 0.625. The summed E-state index contributed by atoms with van der Waals surface area (Å²) in [6, 6.07) is 10.9. The van der Waals surface area contributed by atoms with E-state index in [0.29, 0.717) is 22.8 Å². The highest BCUT2D eigenvalue weighted by Crippen LogP contribution is 2.31. The molecule has 0 saturated heterocycles. The van der Waals surface area contributed by atoms with E-state index in [9.17, 15) is 4.79 Å². The van der Waals surface area contributed by atoms with Gasteiger partial charge in [0, 0.05) is 35.1 Å². The third kappa shape index (κ3) is 3.96. The molecule has 6 heteroatoms. The molecular formula is C19H23N5O. The first-order chi connectivity index (χ1) is 12.0. The maximum Gasteiger partial charge on any atom is 0.320 e. The average molecular weight is 337 g/mol. The molecule has 2 amide bonds. The maximum atomic E-state index is 12.1. The van der Waals surface area contributed by atoms with Crippen LogP contribution in [0.2, 0.25) is 0 Å². The number of hydrogen-bond donors (Lipinski definition) is 4. The van der Waals surface area contributed by atoms with E-state index in [0.717, 1.165) is 18.4 Å². The van der Waals surface area contributed by atoms with Gasteiger partial charge in [-0.15, -0.1) is 0 Å². The second-order valence-electron chi connectivity index (χ2n) is 6.43. The van der Waals surface area contributed by atoms with E-state index in [1.54, 1.807) is 12.3 Å². The average Bonchev–Trinajstić information content (AvgIpc) is 2.54. The molecule has 130 valence electrons. The fraction of sp³-hybridized carbons (Fsp3) is 0.316. The van der Waals surface area contributed by atoms with Crippen molar-refractivity contribution < 1.29 is 4.79 Å². The summed E-state index contributed by atoms with van der Waals surface area (Å²) < 4.78 is 0. The number of nitrogens with two attached hydrogens (primary N) is 1. The Morgan fingerprint density at radius 3 is 2.64 bits per heavy atom. The van der Waals surface area contributed by atoms with E-state index in [1.165, 1.54) is 6.42 Å². The minimum Gasteiger partial charge on any atom is -0.398 e. The van der Waals surface area contributed by atoms with Crippen molar-refractivity contribution in [3.05, 3.63) is 53.7 Å². The zero-order chi connectivity index (χ0) is 17.8. The molecule has 3 rings (SSSR count). The van der Waals surface area contributed by atoms with Gasteiger partial charge in [0.25, 0.3) is 0 Å². The number of carbonyl (C=O) groups is 1. The Kier molecular flexibility index (Phi) is 4.97. The maximum absolute atomic E-state index is 12.1. The van der Waals surface area contributed by atoms with Gasteiger partial charge in [0.15, 0.2) is 0 Å². The summed E-state index contributed by atoms with van der Waals surface area (Å²) in [6.45, 7) is 1.92. The highest BCUT2D eigenvalue weighted by atomic mass is 16.2. The fourth-order valence-electron chi connectivity index (χ4n) is 2.86. The molecule has 25 heavy (non-hydrogen) atoms. The third-order valence-corrected chi connectivity index (χ3v) is 4.63. The van der Waals surface area contributed by atoms with Gasteiger partial charge in [0.05, 0.1) is 6.04 Å². The zero-order valence-corrected chi connectivity index (χ0v) is 14.3. The van der Waals surface area contributed by atoms with Gasteiger partial charge in [-0.05, 0) is 25.3 Å². The highest BCUT2D eigenvalue weighted by molar-refractivity contribution is 6.04.